The Labute approximate surface area is 145 Å². The topological polar surface area (TPSA) is 32.3 Å². The Morgan fingerprint density at radius 2 is 1.70 bits per heavy atom. The molecular formula is C19H29ClN2O. The Kier molecular flexibility index (Phi) is 6.76. The number of carbonyl (C=O) groups excluding carboxylic acids is 1. The Balaban J connectivity index is 0.000000338. The van der Waals surface area contributed by atoms with Crippen LogP contribution in [-0.4, -0.2) is 23.0 Å². The highest BCUT2D eigenvalue weighted by atomic mass is 35.5. The number of nitrogens with zero attached hydrogens (tertiary/aromatic N) is 1. The van der Waals surface area contributed by atoms with E-state index in [-0.39, 0.29) is 6.03 Å². The summed E-state index contributed by atoms with van der Waals surface area (Å²) in [6, 6.07) is 8.17. The molecule has 2 atom stereocenters. The molecule has 1 aromatic carbocycles. The van der Waals surface area contributed by atoms with Gasteiger partial charge in [-0.15, -0.1) is 0 Å². The maximum absolute atomic E-state index is 12.2. The van der Waals surface area contributed by atoms with Crippen molar-refractivity contribution in [3.8, 4) is 0 Å². The highest BCUT2D eigenvalue weighted by molar-refractivity contribution is 6.30. The molecule has 0 radical (unpaired) electrons. The molecule has 1 aliphatic carbocycles. The summed E-state index contributed by atoms with van der Waals surface area (Å²) in [7, 11) is 0. The fraction of sp³-hybridized carbons (Fsp3) is 0.632. The largest absolute Gasteiger partial charge is 0.322 e. The molecule has 3 nitrogen and oxygen atoms in total. The molecule has 4 rings (SSSR count). The van der Waals surface area contributed by atoms with E-state index >= 15 is 0 Å². The van der Waals surface area contributed by atoms with Crippen LogP contribution in [-0.2, 0) is 0 Å². The Morgan fingerprint density at radius 3 is 2.17 bits per heavy atom. The zero-order valence-electron chi connectivity index (χ0n) is 14.5. The normalized spacial score (nSPS) is 25.0. The van der Waals surface area contributed by atoms with Crippen LogP contribution in [0.1, 0.15) is 59.3 Å². The lowest BCUT2D eigenvalue weighted by Gasteiger charge is -2.54. The number of hydrogen-bond acceptors (Lipinski definition) is 1. The van der Waals surface area contributed by atoms with Crippen LogP contribution in [0.15, 0.2) is 24.3 Å². The second-order valence-electron chi connectivity index (χ2n) is 6.82. The van der Waals surface area contributed by atoms with Gasteiger partial charge in [-0.3, -0.25) is 0 Å². The summed E-state index contributed by atoms with van der Waals surface area (Å²) < 4.78 is 0. The van der Waals surface area contributed by atoms with E-state index in [2.05, 4.69) is 26.1 Å². The van der Waals surface area contributed by atoms with E-state index in [0.717, 1.165) is 24.4 Å². The van der Waals surface area contributed by atoms with Crippen molar-refractivity contribution in [1.82, 2.24) is 4.90 Å². The predicted octanol–water partition coefficient (Wildman–Crippen LogP) is 5.94. The maximum Gasteiger partial charge on any atom is 0.322 e. The molecule has 3 aliphatic rings. The van der Waals surface area contributed by atoms with Crippen molar-refractivity contribution in [3.63, 3.8) is 0 Å². The van der Waals surface area contributed by atoms with Gasteiger partial charge in [0.25, 0.3) is 0 Å². The number of hydrogen-bond donors (Lipinski definition) is 1. The van der Waals surface area contributed by atoms with E-state index in [1.807, 2.05) is 17.0 Å². The van der Waals surface area contributed by atoms with Crippen molar-refractivity contribution in [2.45, 2.75) is 71.4 Å². The molecule has 1 saturated carbocycles. The quantitative estimate of drug-likeness (QED) is 0.727. The Hall–Kier alpha value is -1.22. The molecule has 2 unspecified atom stereocenters. The second kappa shape index (κ2) is 8.58. The first-order valence-electron chi connectivity index (χ1n) is 8.90. The number of halogens is 1. The first kappa shape index (κ1) is 18.1. The molecule has 0 aromatic heterocycles. The van der Waals surface area contributed by atoms with Crippen LogP contribution in [0.25, 0.3) is 0 Å². The number of unbranched alkanes of at least 4 members (excludes halogenated alkanes) is 2. The van der Waals surface area contributed by atoms with E-state index in [1.165, 1.54) is 25.7 Å². The van der Waals surface area contributed by atoms with E-state index in [1.54, 1.807) is 12.1 Å². The third kappa shape index (κ3) is 4.87. The number of anilines is 1. The first-order chi connectivity index (χ1) is 11.0. The van der Waals surface area contributed by atoms with Crippen LogP contribution in [0, 0.1) is 5.92 Å². The lowest BCUT2D eigenvalue weighted by atomic mass is 9.74. The lowest BCUT2D eigenvalue weighted by molar-refractivity contribution is -0.00600. The minimum absolute atomic E-state index is 0.0328. The van der Waals surface area contributed by atoms with Crippen LogP contribution >= 0.6 is 11.6 Å². The number of carbonyl (C=O) groups is 1. The number of urea groups is 1. The number of fused-ring (bicyclic) bond motifs is 2. The van der Waals surface area contributed by atoms with Gasteiger partial charge < -0.3 is 10.2 Å². The lowest BCUT2D eigenvalue weighted by Crippen LogP contribution is -2.63. The van der Waals surface area contributed by atoms with Crippen molar-refractivity contribution in [2.24, 2.45) is 5.92 Å². The van der Waals surface area contributed by atoms with Crippen LogP contribution in [0.2, 0.25) is 5.02 Å². The van der Waals surface area contributed by atoms with E-state index < -0.39 is 0 Å². The van der Waals surface area contributed by atoms with Crippen LogP contribution in [0.3, 0.4) is 0 Å². The van der Waals surface area contributed by atoms with Crippen molar-refractivity contribution >= 4 is 23.3 Å². The van der Waals surface area contributed by atoms with Gasteiger partial charge in [-0.1, -0.05) is 51.6 Å². The van der Waals surface area contributed by atoms with Gasteiger partial charge >= 0.3 is 6.03 Å². The summed E-state index contributed by atoms with van der Waals surface area (Å²) in [5.74, 6) is 0.758. The summed E-state index contributed by atoms with van der Waals surface area (Å²) >= 11 is 5.82. The van der Waals surface area contributed by atoms with Crippen molar-refractivity contribution in [2.75, 3.05) is 5.32 Å². The summed E-state index contributed by atoms with van der Waals surface area (Å²) in [6.07, 6.45) is 7.54. The molecule has 2 bridgehead atoms. The number of nitrogens with one attached hydrogen (secondary N) is 1. The zero-order valence-corrected chi connectivity index (χ0v) is 15.3. The third-order valence-electron chi connectivity index (χ3n) is 4.72. The van der Waals surface area contributed by atoms with Crippen LogP contribution in [0.4, 0.5) is 10.5 Å². The van der Waals surface area contributed by atoms with Gasteiger partial charge in [0, 0.05) is 22.8 Å². The predicted molar refractivity (Wildman–Crippen MR) is 98.1 cm³/mol. The Bertz CT molecular complexity index is 489. The van der Waals surface area contributed by atoms with Gasteiger partial charge in [0.2, 0.25) is 0 Å². The molecule has 2 amide bonds. The van der Waals surface area contributed by atoms with Gasteiger partial charge in [-0.2, -0.15) is 0 Å². The standard InChI is InChI=1S/C14H17ClN2O.C5H12/c1-9-6-12-8-13(7-9)17(12)14(18)16-11-4-2-10(15)3-5-11;1-3-5-4-2/h2-5,9,12-13H,6-8H2,1H3,(H,16,18);3-5H2,1-2H3. The van der Waals surface area contributed by atoms with Gasteiger partial charge in [-0.25, -0.2) is 4.79 Å². The highest BCUT2D eigenvalue weighted by Gasteiger charge is 2.46. The minimum atomic E-state index is 0.0328. The van der Waals surface area contributed by atoms with Gasteiger partial charge in [0.1, 0.15) is 0 Å². The molecule has 2 aliphatic heterocycles. The minimum Gasteiger partial charge on any atom is -0.318 e. The smallest absolute Gasteiger partial charge is 0.318 e. The zero-order chi connectivity index (χ0) is 16.8. The van der Waals surface area contributed by atoms with E-state index in [0.29, 0.717) is 17.1 Å². The van der Waals surface area contributed by atoms with Crippen molar-refractivity contribution < 1.29 is 4.79 Å². The second-order valence-corrected chi connectivity index (χ2v) is 7.25. The van der Waals surface area contributed by atoms with Crippen molar-refractivity contribution in [3.05, 3.63) is 29.3 Å². The molecule has 4 heteroatoms. The molecule has 2 saturated heterocycles. The van der Waals surface area contributed by atoms with Crippen molar-refractivity contribution in [1.29, 1.82) is 0 Å². The number of benzene rings is 1. The fourth-order valence-electron chi connectivity index (χ4n) is 3.55. The SMILES string of the molecule is CC1CC2CC(C1)N2C(=O)Nc1ccc(Cl)cc1.CCCCC. The van der Waals surface area contributed by atoms with E-state index in [9.17, 15) is 4.79 Å². The monoisotopic (exact) mass is 336 g/mol. The third-order valence-corrected chi connectivity index (χ3v) is 4.97. The molecule has 1 aromatic rings. The molecule has 23 heavy (non-hydrogen) atoms. The highest BCUT2D eigenvalue weighted by Crippen LogP contribution is 2.41. The van der Waals surface area contributed by atoms with Crippen LogP contribution in [0.5, 0.6) is 0 Å². The average Bonchev–Trinajstić information content (AvgIpc) is 2.50. The number of amides is 2. The molecule has 1 N–H and O–H groups in total. The summed E-state index contributed by atoms with van der Waals surface area (Å²) in [4.78, 5) is 14.2. The molecule has 2 heterocycles. The van der Waals surface area contributed by atoms with E-state index in [4.69, 9.17) is 11.6 Å². The van der Waals surface area contributed by atoms with Gasteiger partial charge in [-0.05, 0) is 49.4 Å². The summed E-state index contributed by atoms with van der Waals surface area (Å²) in [6.45, 7) is 6.70. The number of rotatable bonds is 3. The molecule has 3 fully saturated rings. The fourth-order valence-corrected chi connectivity index (χ4v) is 3.68. The van der Waals surface area contributed by atoms with Gasteiger partial charge in [0.15, 0.2) is 0 Å². The first-order valence-corrected chi connectivity index (χ1v) is 9.27. The molecule has 0 spiro atoms. The molecule has 128 valence electrons. The summed E-state index contributed by atoms with van der Waals surface area (Å²) in [5.41, 5.74) is 0.808. The Morgan fingerprint density at radius 1 is 1.13 bits per heavy atom. The summed E-state index contributed by atoms with van der Waals surface area (Å²) in [5, 5.41) is 3.63. The average molecular weight is 337 g/mol. The number of piperidine rings is 1. The maximum atomic E-state index is 12.2. The van der Waals surface area contributed by atoms with Gasteiger partial charge in [0.05, 0.1) is 0 Å². The van der Waals surface area contributed by atoms with Crippen LogP contribution < -0.4 is 5.32 Å². The molecular weight excluding hydrogens is 308 g/mol.